The lowest BCUT2D eigenvalue weighted by molar-refractivity contribution is -0.194. The summed E-state index contributed by atoms with van der Waals surface area (Å²) in [5.41, 5.74) is -0.618. The third-order valence-electron chi connectivity index (χ3n) is 7.51. The van der Waals surface area contributed by atoms with E-state index in [1.165, 1.54) is 4.31 Å². The van der Waals surface area contributed by atoms with E-state index in [1.54, 1.807) is 48.7 Å². The molecule has 3 aliphatic heterocycles. The van der Waals surface area contributed by atoms with Crippen LogP contribution < -0.4 is 4.90 Å². The Labute approximate surface area is 224 Å². The molecule has 0 radical (unpaired) electrons. The second-order valence-corrected chi connectivity index (χ2v) is 13.5. The van der Waals surface area contributed by atoms with Gasteiger partial charge in [-0.05, 0) is 48.6 Å². The molecular weight excluding hydrogens is 536 g/mol. The molecule has 5 heterocycles. The maximum atomic E-state index is 13.7. The number of hydrogen-bond acceptors (Lipinski definition) is 8. The number of anilines is 1. The summed E-state index contributed by atoms with van der Waals surface area (Å²) in [5, 5.41) is 1.34. The number of nitrogens with zero attached hydrogens (tertiary/aromatic N) is 4. The van der Waals surface area contributed by atoms with Gasteiger partial charge in [0.2, 0.25) is 5.91 Å². The average molecular weight is 563 g/mol. The average Bonchev–Trinajstić information content (AvgIpc) is 3.45. The maximum absolute atomic E-state index is 13.7. The zero-order valence-corrected chi connectivity index (χ0v) is 22.7. The number of fused-ring (bicyclic) bond motifs is 2. The van der Waals surface area contributed by atoms with Gasteiger partial charge in [0.25, 0.3) is 10.0 Å². The molecule has 1 atom stereocenters. The van der Waals surface area contributed by atoms with Crippen LogP contribution in [0.3, 0.4) is 0 Å². The molecule has 0 bridgehead atoms. The number of hydrogen-bond donors (Lipinski definition) is 0. The Bertz CT molecular complexity index is 1440. The molecule has 3 aromatic rings. The molecule has 196 valence electrons. The molecule has 37 heavy (non-hydrogen) atoms. The van der Waals surface area contributed by atoms with Gasteiger partial charge in [0.05, 0.1) is 31.8 Å². The van der Waals surface area contributed by atoms with E-state index >= 15 is 0 Å². The Hall–Kier alpha value is -2.28. The van der Waals surface area contributed by atoms with Crippen molar-refractivity contribution in [3.63, 3.8) is 0 Å². The van der Waals surface area contributed by atoms with Crippen molar-refractivity contribution < 1.29 is 22.7 Å². The molecule has 3 fully saturated rings. The first-order valence-electron chi connectivity index (χ1n) is 12.1. The Morgan fingerprint density at radius 2 is 1.89 bits per heavy atom. The van der Waals surface area contributed by atoms with Crippen molar-refractivity contribution in [2.45, 2.75) is 28.4 Å². The molecule has 6 rings (SSSR count). The Morgan fingerprint density at radius 1 is 1.14 bits per heavy atom. The minimum atomic E-state index is -3.94. The summed E-state index contributed by atoms with van der Waals surface area (Å²) in [5.74, 6) is -0.274. The van der Waals surface area contributed by atoms with Gasteiger partial charge >= 0.3 is 0 Å². The van der Waals surface area contributed by atoms with E-state index < -0.39 is 21.3 Å². The Balaban J connectivity index is 1.27. The predicted molar refractivity (Wildman–Crippen MR) is 141 cm³/mol. The van der Waals surface area contributed by atoms with Crippen LogP contribution in [0, 0.1) is 0 Å². The van der Waals surface area contributed by atoms with Gasteiger partial charge in [-0.15, -0.1) is 11.3 Å². The van der Waals surface area contributed by atoms with Crippen molar-refractivity contribution >= 4 is 54.6 Å². The monoisotopic (exact) mass is 562 g/mol. The van der Waals surface area contributed by atoms with Gasteiger partial charge in [-0.25, -0.2) is 8.42 Å². The molecule has 1 unspecified atom stereocenters. The van der Waals surface area contributed by atoms with Crippen LogP contribution in [-0.2, 0) is 24.3 Å². The van der Waals surface area contributed by atoms with E-state index in [0.717, 1.165) is 40.2 Å². The first kappa shape index (κ1) is 25.0. The number of methoxy groups -OCH3 is 1. The first-order valence-corrected chi connectivity index (χ1v) is 14.7. The van der Waals surface area contributed by atoms with Crippen LogP contribution in [0.15, 0.2) is 53.0 Å². The standard InChI is InChI=1S/C25H27ClN4O5S2/c1-34-17-25-16-29(37(32,33)23-12-18-2-3-19(26)13-21(18)36-23)14-22(31)30(25)15-24(35-25)6-10-28(11-7-24)20-4-8-27-9-5-20/h2-5,8-9,12-13H,6-7,10-11,14-17H2,1H3. The van der Waals surface area contributed by atoms with Crippen molar-refractivity contribution in [1.82, 2.24) is 14.2 Å². The third-order valence-corrected chi connectivity index (χ3v) is 11.1. The van der Waals surface area contributed by atoms with Crippen LogP contribution >= 0.6 is 22.9 Å². The SMILES string of the molecule is COCC12CN(S(=O)(=O)c3cc4ccc(Cl)cc4s3)CC(=O)N1CC1(CCN(c3ccncc3)CC1)O2. The number of piperazine rings is 1. The molecule has 2 aromatic heterocycles. The van der Waals surface area contributed by atoms with Gasteiger partial charge in [-0.2, -0.15) is 4.31 Å². The second kappa shape index (κ2) is 9.18. The number of piperidine rings is 1. The van der Waals surface area contributed by atoms with Crippen LogP contribution in [0.5, 0.6) is 0 Å². The fourth-order valence-corrected chi connectivity index (χ4v) is 8.95. The first-order chi connectivity index (χ1) is 17.7. The number of halogens is 1. The number of benzene rings is 1. The highest BCUT2D eigenvalue weighted by atomic mass is 35.5. The summed E-state index contributed by atoms with van der Waals surface area (Å²) in [4.78, 5) is 21.5. The highest BCUT2D eigenvalue weighted by molar-refractivity contribution is 7.91. The lowest BCUT2D eigenvalue weighted by Gasteiger charge is -2.44. The smallest absolute Gasteiger partial charge is 0.253 e. The number of sulfonamides is 1. The van der Waals surface area contributed by atoms with Crippen LogP contribution in [-0.4, -0.2) is 86.3 Å². The zero-order chi connectivity index (χ0) is 25.8. The lowest BCUT2D eigenvalue weighted by atomic mass is 9.91. The largest absolute Gasteiger partial charge is 0.380 e. The van der Waals surface area contributed by atoms with Crippen LogP contribution in [0.2, 0.25) is 5.02 Å². The Morgan fingerprint density at radius 3 is 2.62 bits per heavy atom. The van der Waals surface area contributed by atoms with E-state index in [0.29, 0.717) is 24.4 Å². The molecule has 1 aromatic carbocycles. The zero-order valence-electron chi connectivity index (χ0n) is 20.3. The number of rotatable bonds is 5. The number of carbonyl (C=O) groups is 1. The number of thiophene rings is 1. The number of ether oxygens (including phenoxy) is 2. The lowest BCUT2D eigenvalue weighted by Crippen LogP contribution is -2.65. The van der Waals surface area contributed by atoms with Crippen LogP contribution in [0.25, 0.3) is 10.1 Å². The molecule has 1 spiro atoms. The molecule has 3 aliphatic rings. The van der Waals surface area contributed by atoms with Crippen molar-refractivity contribution in [2.24, 2.45) is 0 Å². The van der Waals surface area contributed by atoms with Crippen LogP contribution in [0.1, 0.15) is 12.8 Å². The number of aromatic nitrogens is 1. The fraction of sp³-hybridized carbons (Fsp3) is 0.440. The van der Waals surface area contributed by atoms with Gasteiger partial charge in [-0.1, -0.05) is 17.7 Å². The summed E-state index contributed by atoms with van der Waals surface area (Å²) >= 11 is 7.25. The number of pyridine rings is 1. The van der Waals surface area contributed by atoms with Crippen LogP contribution in [0.4, 0.5) is 5.69 Å². The third kappa shape index (κ3) is 4.31. The molecule has 12 heteroatoms. The molecule has 0 saturated carbocycles. The topological polar surface area (TPSA) is 92.3 Å². The summed E-state index contributed by atoms with van der Waals surface area (Å²) in [6, 6.07) is 10.9. The molecule has 9 nitrogen and oxygen atoms in total. The molecular formula is C25H27ClN4O5S2. The summed E-state index contributed by atoms with van der Waals surface area (Å²) in [6.45, 7) is 1.82. The van der Waals surface area contributed by atoms with Gasteiger partial charge < -0.3 is 19.3 Å². The van der Waals surface area contributed by atoms with E-state index in [4.69, 9.17) is 21.1 Å². The van der Waals surface area contributed by atoms with Gasteiger partial charge in [-0.3, -0.25) is 9.78 Å². The van der Waals surface area contributed by atoms with Gasteiger partial charge in [0.15, 0.2) is 5.72 Å². The van der Waals surface area contributed by atoms with E-state index in [2.05, 4.69) is 9.88 Å². The minimum Gasteiger partial charge on any atom is -0.380 e. The van der Waals surface area contributed by atoms with Gasteiger partial charge in [0.1, 0.15) is 4.21 Å². The molecule has 3 saturated heterocycles. The van der Waals surface area contributed by atoms with Crippen molar-refractivity contribution in [3.05, 3.63) is 53.8 Å². The highest BCUT2D eigenvalue weighted by Gasteiger charge is 2.60. The number of amides is 1. The normalized spacial score (nSPS) is 24.2. The summed E-state index contributed by atoms with van der Waals surface area (Å²) in [6.07, 6.45) is 4.99. The van der Waals surface area contributed by atoms with Gasteiger partial charge in [0, 0.05) is 48.0 Å². The molecule has 0 aliphatic carbocycles. The highest BCUT2D eigenvalue weighted by Crippen LogP contribution is 2.45. The minimum absolute atomic E-state index is 0.0136. The molecule has 0 N–H and O–H groups in total. The van der Waals surface area contributed by atoms with Crippen molar-refractivity contribution in [2.75, 3.05) is 51.3 Å². The van der Waals surface area contributed by atoms with E-state index in [1.807, 2.05) is 12.1 Å². The van der Waals surface area contributed by atoms with E-state index in [9.17, 15) is 13.2 Å². The van der Waals surface area contributed by atoms with E-state index in [-0.39, 0.29) is 29.8 Å². The van der Waals surface area contributed by atoms with Crippen molar-refractivity contribution in [3.8, 4) is 0 Å². The fourth-order valence-electron chi connectivity index (χ4n) is 5.69. The summed E-state index contributed by atoms with van der Waals surface area (Å²) < 4.78 is 41.9. The summed E-state index contributed by atoms with van der Waals surface area (Å²) in [7, 11) is -2.40. The van der Waals surface area contributed by atoms with Crippen molar-refractivity contribution in [1.29, 1.82) is 0 Å². The predicted octanol–water partition coefficient (Wildman–Crippen LogP) is 3.19. The Kier molecular flexibility index (Phi) is 6.21. The number of carbonyl (C=O) groups excluding carboxylic acids is 1. The quantitative estimate of drug-likeness (QED) is 0.471. The maximum Gasteiger partial charge on any atom is 0.253 e. The second-order valence-electron chi connectivity index (χ2n) is 9.86. The molecule has 1 amide bonds.